The second kappa shape index (κ2) is 6.05. The summed E-state index contributed by atoms with van der Waals surface area (Å²) >= 11 is 0. The predicted molar refractivity (Wildman–Crippen MR) is 65.4 cm³/mol. The highest BCUT2D eigenvalue weighted by Gasteiger charge is 2.35. The van der Waals surface area contributed by atoms with Crippen LogP contribution in [0, 0.1) is 5.92 Å². The van der Waals surface area contributed by atoms with E-state index in [2.05, 4.69) is 15.3 Å². The Balaban J connectivity index is 2.97. The summed E-state index contributed by atoms with van der Waals surface area (Å²) in [4.78, 5) is 6.56. The number of hydrogen-bond donors (Lipinski definition) is 3. The van der Waals surface area contributed by atoms with Crippen LogP contribution in [0.3, 0.4) is 0 Å². The SMILES string of the molecule is CC(C)C(CCO)Nc1cc(N)nc(C(F)(F)F)n1. The van der Waals surface area contributed by atoms with Gasteiger partial charge < -0.3 is 16.2 Å². The molecule has 0 aliphatic heterocycles. The van der Waals surface area contributed by atoms with Gasteiger partial charge in [0.2, 0.25) is 5.82 Å². The van der Waals surface area contributed by atoms with Gasteiger partial charge in [-0.3, -0.25) is 0 Å². The molecule has 1 unspecified atom stereocenters. The van der Waals surface area contributed by atoms with Crippen molar-refractivity contribution in [3.63, 3.8) is 0 Å². The number of hydrogen-bond acceptors (Lipinski definition) is 5. The first-order valence-electron chi connectivity index (χ1n) is 5.83. The minimum Gasteiger partial charge on any atom is -0.396 e. The van der Waals surface area contributed by atoms with Gasteiger partial charge in [-0.05, 0) is 12.3 Å². The monoisotopic (exact) mass is 278 g/mol. The number of aliphatic hydroxyl groups excluding tert-OH is 1. The number of nitrogen functional groups attached to an aromatic ring is 1. The molecule has 0 aliphatic rings. The Kier molecular flexibility index (Phi) is 4.93. The van der Waals surface area contributed by atoms with Crippen LogP contribution in [-0.2, 0) is 6.18 Å². The summed E-state index contributed by atoms with van der Waals surface area (Å²) in [7, 11) is 0. The Bertz CT molecular complexity index is 423. The van der Waals surface area contributed by atoms with Gasteiger partial charge in [0.05, 0.1) is 0 Å². The first kappa shape index (κ1) is 15.5. The summed E-state index contributed by atoms with van der Waals surface area (Å²) in [5, 5.41) is 11.8. The van der Waals surface area contributed by atoms with E-state index in [0.717, 1.165) is 0 Å². The average molecular weight is 278 g/mol. The van der Waals surface area contributed by atoms with Gasteiger partial charge in [0.25, 0.3) is 0 Å². The van der Waals surface area contributed by atoms with Crippen LogP contribution in [-0.4, -0.2) is 27.7 Å². The molecule has 5 nitrogen and oxygen atoms in total. The number of nitrogens with one attached hydrogen (secondary N) is 1. The summed E-state index contributed by atoms with van der Waals surface area (Å²) in [6.45, 7) is 3.72. The van der Waals surface area contributed by atoms with E-state index in [1.807, 2.05) is 13.8 Å². The fourth-order valence-electron chi connectivity index (χ4n) is 1.57. The lowest BCUT2D eigenvalue weighted by atomic mass is 10.0. The lowest BCUT2D eigenvalue weighted by Gasteiger charge is -2.22. The average Bonchev–Trinajstić information content (AvgIpc) is 2.26. The molecule has 0 saturated heterocycles. The van der Waals surface area contributed by atoms with Crippen LogP contribution in [0.15, 0.2) is 6.07 Å². The lowest BCUT2D eigenvalue weighted by Crippen LogP contribution is -2.28. The fourth-order valence-corrected chi connectivity index (χ4v) is 1.57. The van der Waals surface area contributed by atoms with Crippen LogP contribution in [0.5, 0.6) is 0 Å². The highest BCUT2D eigenvalue weighted by atomic mass is 19.4. The van der Waals surface area contributed by atoms with Crippen molar-refractivity contribution in [3.8, 4) is 0 Å². The molecule has 108 valence electrons. The maximum absolute atomic E-state index is 12.5. The molecule has 0 aromatic carbocycles. The van der Waals surface area contributed by atoms with Gasteiger partial charge in [0.15, 0.2) is 0 Å². The molecule has 0 aliphatic carbocycles. The number of rotatable bonds is 5. The van der Waals surface area contributed by atoms with Crippen molar-refractivity contribution in [2.45, 2.75) is 32.5 Å². The van der Waals surface area contributed by atoms with Crippen molar-refractivity contribution < 1.29 is 18.3 Å². The molecule has 0 bridgehead atoms. The summed E-state index contributed by atoms with van der Waals surface area (Å²) < 4.78 is 37.6. The Morgan fingerprint density at radius 3 is 2.47 bits per heavy atom. The number of aliphatic hydroxyl groups is 1. The van der Waals surface area contributed by atoms with E-state index in [1.165, 1.54) is 6.07 Å². The van der Waals surface area contributed by atoms with Crippen molar-refractivity contribution in [2.24, 2.45) is 5.92 Å². The minimum atomic E-state index is -4.64. The van der Waals surface area contributed by atoms with Crippen LogP contribution in [0.25, 0.3) is 0 Å². The normalized spacial score (nSPS) is 13.6. The van der Waals surface area contributed by atoms with Crippen molar-refractivity contribution in [1.82, 2.24) is 9.97 Å². The molecular formula is C11H17F3N4O. The van der Waals surface area contributed by atoms with Gasteiger partial charge in [0.1, 0.15) is 11.6 Å². The lowest BCUT2D eigenvalue weighted by molar-refractivity contribution is -0.144. The zero-order valence-electron chi connectivity index (χ0n) is 10.7. The molecule has 19 heavy (non-hydrogen) atoms. The van der Waals surface area contributed by atoms with E-state index >= 15 is 0 Å². The highest BCUT2D eigenvalue weighted by molar-refractivity contribution is 5.45. The van der Waals surface area contributed by atoms with Gasteiger partial charge in [-0.25, -0.2) is 9.97 Å². The second-order valence-corrected chi connectivity index (χ2v) is 4.51. The maximum Gasteiger partial charge on any atom is 0.451 e. The standard InChI is InChI=1S/C11H17F3N4O/c1-6(2)7(3-4-19)16-9-5-8(15)17-10(18-9)11(12,13)14/h5-7,19H,3-4H2,1-2H3,(H3,15,16,17,18). The number of halogens is 3. The predicted octanol–water partition coefficient (Wildman–Crippen LogP) is 1.90. The number of nitrogens with two attached hydrogens (primary N) is 1. The van der Waals surface area contributed by atoms with E-state index in [0.29, 0.717) is 6.42 Å². The van der Waals surface area contributed by atoms with Crippen molar-refractivity contribution >= 4 is 11.6 Å². The van der Waals surface area contributed by atoms with Crippen LogP contribution in [0.4, 0.5) is 24.8 Å². The summed E-state index contributed by atoms with van der Waals surface area (Å²) in [6.07, 6.45) is -4.24. The summed E-state index contributed by atoms with van der Waals surface area (Å²) in [5.74, 6) is -1.40. The summed E-state index contributed by atoms with van der Waals surface area (Å²) in [5.41, 5.74) is 5.34. The van der Waals surface area contributed by atoms with Gasteiger partial charge in [-0.15, -0.1) is 0 Å². The Morgan fingerprint density at radius 1 is 1.37 bits per heavy atom. The second-order valence-electron chi connectivity index (χ2n) is 4.51. The van der Waals surface area contributed by atoms with Crippen LogP contribution >= 0.6 is 0 Å². The molecule has 0 fully saturated rings. The third-order valence-corrected chi connectivity index (χ3v) is 2.58. The topological polar surface area (TPSA) is 84.1 Å². The molecule has 4 N–H and O–H groups in total. The van der Waals surface area contributed by atoms with E-state index in [1.54, 1.807) is 0 Å². The number of aromatic nitrogens is 2. The van der Waals surface area contributed by atoms with E-state index in [9.17, 15) is 13.2 Å². The first-order valence-corrected chi connectivity index (χ1v) is 5.83. The quantitative estimate of drug-likeness (QED) is 0.766. The molecule has 1 aromatic heterocycles. The van der Waals surface area contributed by atoms with Crippen molar-refractivity contribution in [2.75, 3.05) is 17.7 Å². The number of alkyl halides is 3. The number of anilines is 2. The zero-order chi connectivity index (χ0) is 14.6. The first-order chi connectivity index (χ1) is 8.74. The third kappa shape index (κ3) is 4.55. The summed E-state index contributed by atoms with van der Waals surface area (Å²) in [6, 6.07) is 1.04. The molecule has 1 heterocycles. The van der Waals surface area contributed by atoms with Crippen molar-refractivity contribution in [1.29, 1.82) is 0 Å². The largest absolute Gasteiger partial charge is 0.451 e. The highest BCUT2D eigenvalue weighted by Crippen LogP contribution is 2.28. The zero-order valence-corrected chi connectivity index (χ0v) is 10.7. The van der Waals surface area contributed by atoms with Crippen LogP contribution < -0.4 is 11.1 Å². The molecule has 1 atom stereocenters. The number of nitrogens with zero attached hydrogens (tertiary/aromatic N) is 2. The molecular weight excluding hydrogens is 261 g/mol. The minimum absolute atomic E-state index is 0.00646. The molecule has 1 rings (SSSR count). The van der Waals surface area contributed by atoms with Crippen molar-refractivity contribution in [3.05, 3.63) is 11.9 Å². The Morgan fingerprint density at radius 2 is 2.00 bits per heavy atom. The molecule has 0 saturated carbocycles. The Hall–Kier alpha value is -1.57. The maximum atomic E-state index is 12.5. The third-order valence-electron chi connectivity index (χ3n) is 2.58. The van der Waals surface area contributed by atoms with Gasteiger partial charge >= 0.3 is 6.18 Å². The van der Waals surface area contributed by atoms with Crippen LogP contribution in [0.2, 0.25) is 0 Å². The van der Waals surface area contributed by atoms with Crippen LogP contribution in [0.1, 0.15) is 26.1 Å². The molecule has 1 aromatic rings. The molecule has 0 amide bonds. The van der Waals surface area contributed by atoms with Gasteiger partial charge in [-0.2, -0.15) is 13.2 Å². The van der Waals surface area contributed by atoms with E-state index in [4.69, 9.17) is 10.8 Å². The molecule has 8 heteroatoms. The Labute approximate surface area is 109 Å². The van der Waals surface area contributed by atoms with Gasteiger partial charge in [-0.1, -0.05) is 13.8 Å². The smallest absolute Gasteiger partial charge is 0.396 e. The molecule has 0 spiro atoms. The molecule has 0 radical (unpaired) electrons. The van der Waals surface area contributed by atoms with E-state index < -0.39 is 12.0 Å². The van der Waals surface area contributed by atoms with Gasteiger partial charge in [0, 0.05) is 18.7 Å². The fraction of sp³-hybridized carbons (Fsp3) is 0.636. The van der Waals surface area contributed by atoms with E-state index in [-0.39, 0.29) is 30.2 Å².